The van der Waals surface area contributed by atoms with Crippen LogP contribution in [0.2, 0.25) is 0 Å². The summed E-state index contributed by atoms with van der Waals surface area (Å²) in [6.07, 6.45) is 6.72. The zero-order valence-corrected chi connectivity index (χ0v) is 15.0. The van der Waals surface area contributed by atoms with Gasteiger partial charge >= 0.3 is 0 Å². The number of hydrogen-bond donors (Lipinski definition) is 1. The number of benzene rings is 1. The zero-order chi connectivity index (χ0) is 18.8. The van der Waals surface area contributed by atoms with Crippen molar-refractivity contribution in [2.75, 3.05) is 13.1 Å². The minimum absolute atomic E-state index is 0.0156. The second kappa shape index (κ2) is 7.26. The van der Waals surface area contributed by atoms with Crippen LogP contribution in [0.4, 0.5) is 4.39 Å². The Balaban J connectivity index is 1.61. The Morgan fingerprint density at radius 2 is 2.00 bits per heavy atom. The Labute approximate surface area is 156 Å². The summed E-state index contributed by atoms with van der Waals surface area (Å²) in [6.45, 7) is 3.14. The molecule has 0 saturated carbocycles. The van der Waals surface area contributed by atoms with Crippen molar-refractivity contribution in [3.63, 3.8) is 0 Å². The summed E-state index contributed by atoms with van der Waals surface area (Å²) in [4.78, 5) is 23.7. The number of carbonyl (C=O) groups excluding carboxylic acids is 1. The normalized spacial score (nSPS) is 17.1. The minimum Gasteiger partial charge on any atom is -0.338 e. The van der Waals surface area contributed by atoms with E-state index in [1.54, 1.807) is 30.7 Å². The highest BCUT2D eigenvalue weighted by Gasteiger charge is 2.29. The van der Waals surface area contributed by atoms with Crippen LogP contribution in [-0.2, 0) is 0 Å². The molecular formula is C20H20FN5O. The smallest absolute Gasteiger partial charge is 0.257 e. The van der Waals surface area contributed by atoms with Crippen molar-refractivity contribution in [2.24, 2.45) is 0 Å². The highest BCUT2D eigenvalue weighted by atomic mass is 19.1. The molecule has 138 valence electrons. The molecular weight excluding hydrogens is 345 g/mol. The molecule has 1 aromatic carbocycles. The Morgan fingerprint density at radius 1 is 1.22 bits per heavy atom. The van der Waals surface area contributed by atoms with Gasteiger partial charge in [0.25, 0.3) is 5.91 Å². The molecule has 1 fully saturated rings. The van der Waals surface area contributed by atoms with Crippen molar-refractivity contribution < 1.29 is 9.18 Å². The fourth-order valence-electron chi connectivity index (χ4n) is 3.60. The Bertz CT molecular complexity index is 953. The Kier molecular flexibility index (Phi) is 4.66. The highest BCUT2D eigenvalue weighted by molar-refractivity contribution is 5.95. The summed E-state index contributed by atoms with van der Waals surface area (Å²) in [6, 6.07) is 6.27. The number of H-pyrrole nitrogens is 1. The topological polar surface area (TPSA) is 74.8 Å². The molecule has 1 saturated heterocycles. The lowest BCUT2D eigenvalue weighted by Gasteiger charge is -2.33. The number of likely N-dealkylation sites (tertiary alicyclic amines) is 1. The molecule has 0 spiro atoms. The lowest BCUT2D eigenvalue weighted by atomic mass is 9.91. The number of amides is 1. The number of aromatic amines is 1. The molecule has 27 heavy (non-hydrogen) atoms. The number of aromatic nitrogens is 4. The van der Waals surface area contributed by atoms with Crippen LogP contribution in [0.3, 0.4) is 0 Å². The first-order valence-electron chi connectivity index (χ1n) is 8.99. The van der Waals surface area contributed by atoms with E-state index in [1.807, 2.05) is 11.8 Å². The van der Waals surface area contributed by atoms with E-state index in [9.17, 15) is 9.18 Å². The molecule has 3 aromatic rings. The van der Waals surface area contributed by atoms with Crippen molar-refractivity contribution in [1.82, 2.24) is 25.1 Å². The number of halogens is 1. The summed E-state index contributed by atoms with van der Waals surface area (Å²) >= 11 is 0. The van der Waals surface area contributed by atoms with Gasteiger partial charge in [0.15, 0.2) is 0 Å². The fraction of sp³-hybridized carbons (Fsp3) is 0.300. The van der Waals surface area contributed by atoms with Gasteiger partial charge in [-0.3, -0.25) is 19.9 Å². The SMILES string of the molecule is Cc1[nH]ncc1C(=O)N1CCC[C@@H](c2nccnc2-c2ccc(F)cc2)C1. The molecule has 4 rings (SSSR count). The molecule has 1 amide bonds. The van der Waals surface area contributed by atoms with Crippen LogP contribution < -0.4 is 0 Å². The lowest BCUT2D eigenvalue weighted by Crippen LogP contribution is -2.39. The predicted molar refractivity (Wildman–Crippen MR) is 98.6 cm³/mol. The molecule has 1 N–H and O–H groups in total. The predicted octanol–water partition coefficient (Wildman–Crippen LogP) is 3.33. The van der Waals surface area contributed by atoms with Crippen LogP contribution in [0.15, 0.2) is 42.9 Å². The molecule has 0 aliphatic carbocycles. The molecule has 1 aliphatic heterocycles. The van der Waals surface area contributed by atoms with E-state index in [0.29, 0.717) is 18.7 Å². The Hall–Kier alpha value is -3.09. The van der Waals surface area contributed by atoms with Crippen LogP contribution in [0.5, 0.6) is 0 Å². The van der Waals surface area contributed by atoms with Gasteiger partial charge in [0, 0.05) is 42.7 Å². The van der Waals surface area contributed by atoms with E-state index in [0.717, 1.165) is 35.5 Å². The lowest BCUT2D eigenvalue weighted by molar-refractivity contribution is 0.0705. The number of carbonyl (C=O) groups is 1. The monoisotopic (exact) mass is 365 g/mol. The van der Waals surface area contributed by atoms with Gasteiger partial charge in [-0.05, 0) is 44.0 Å². The van der Waals surface area contributed by atoms with E-state index < -0.39 is 0 Å². The number of nitrogens with zero attached hydrogens (tertiary/aromatic N) is 4. The summed E-state index contributed by atoms with van der Waals surface area (Å²) in [5.74, 6) is -0.212. The second-order valence-corrected chi connectivity index (χ2v) is 6.80. The van der Waals surface area contributed by atoms with E-state index in [1.165, 1.54) is 12.1 Å². The van der Waals surface area contributed by atoms with Gasteiger partial charge in [-0.15, -0.1) is 0 Å². The maximum atomic E-state index is 13.3. The van der Waals surface area contributed by atoms with Crippen LogP contribution in [-0.4, -0.2) is 44.1 Å². The van der Waals surface area contributed by atoms with Gasteiger partial charge in [-0.1, -0.05) is 0 Å². The summed E-state index contributed by atoms with van der Waals surface area (Å²) < 4.78 is 13.3. The number of hydrogen-bond acceptors (Lipinski definition) is 4. The van der Waals surface area contributed by atoms with Crippen LogP contribution in [0.25, 0.3) is 11.3 Å². The van der Waals surface area contributed by atoms with Crippen molar-refractivity contribution in [1.29, 1.82) is 0 Å². The third-order valence-electron chi connectivity index (χ3n) is 5.00. The van der Waals surface area contributed by atoms with Crippen LogP contribution in [0.1, 0.15) is 40.5 Å². The van der Waals surface area contributed by atoms with Gasteiger partial charge in [0.2, 0.25) is 0 Å². The summed E-state index contributed by atoms with van der Waals surface area (Å²) in [7, 11) is 0. The van der Waals surface area contributed by atoms with Crippen molar-refractivity contribution in [2.45, 2.75) is 25.7 Å². The van der Waals surface area contributed by atoms with Crippen LogP contribution in [0, 0.1) is 12.7 Å². The summed E-state index contributed by atoms with van der Waals surface area (Å²) in [5.41, 5.74) is 3.80. The first-order valence-corrected chi connectivity index (χ1v) is 8.99. The van der Waals surface area contributed by atoms with E-state index in [-0.39, 0.29) is 17.6 Å². The molecule has 7 heteroatoms. The summed E-state index contributed by atoms with van der Waals surface area (Å²) in [5, 5.41) is 6.77. The third-order valence-corrected chi connectivity index (χ3v) is 5.00. The molecule has 1 aliphatic rings. The molecule has 3 heterocycles. The van der Waals surface area contributed by atoms with Gasteiger partial charge in [-0.25, -0.2) is 4.39 Å². The second-order valence-electron chi connectivity index (χ2n) is 6.80. The van der Waals surface area contributed by atoms with Crippen LogP contribution >= 0.6 is 0 Å². The highest BCUT2D eigenvalue weighted by Crippen LogP contribution is 2.32. The first-order chi connectivity index (χ1) is 13.1. The molecule has 1 atom stereocenters. The molecule has 0 radical (unpaired) electrons. The Morgan fingerprint density at radius 3 is 2.74 bits per heavy atom. The number of nitrogens with one attached hydrogen (secondary N) is 1. The number of aryl methyl sites for hydroxylation is 1. The first kappa shape index (κ1) is 17.3. The van der Waals surface area contributed by atoms with Crippen molar-refractivity contribution >= 4 is 5.91 Å². The van der Waals surface area contributed by atoms with Gasteiger partial charge in [-0.2, -0.15) is 5.10 Å². The average Bonchev–Trinajstić information content (AvgIpc) is 3.14. The number of piperidine rings is 1. The van der Waals surface area contributed by atoms with Gasteiger partial charge in [0.1, 0.15) is 5.82 Å². The number of rotatable bonds is 3. The van der Waals surface area contributed by atoms with Crippen molar-refractivity contribution in [3.05, 3.63) is 65.6 Å². The average molecular weight is 365 g/mol. The van der Waals surface area contributed by atoms with Gasteiger partial charge < -0.3 is 4.90 Å². The minimum atomic E-state index is -0.283. The molecule has 2 aromatic heterocycles. The maximum absolute atomic E-state index is 13.3. The van der Waals surface area contributed by atoms with E-state index in [2.05, 4.69) is 20.2 Å². The maximum Gasteiger partial charge on any atom is 0.257 e. The van der Waals surface area contributed by atoms with Crippen molar-refractivity contribution in [3.8, 4) is 11.3 Å². The largest absolute Gasteiger partial charge is 0.338 e. The third kappa shape index (κ3) is 3.45. The standard InChI is InChI=1S/C20H20FN5O/c1-13-17(11-24-25-13)20(27)26-10-2-3-15(12-26)19-18(22-8-9-23-19)14-4-6-16(21)7-5-14/h4-9,11,15H,2-3,10,12H2,1H3,(H,24,25)/t15-/m1/s1. The molecule has 0 unspecified atom stereocenters. The van der Waals surface area contributed by atoms with E-state index in [4.69, 9.17) is 0 Å². The molecule has 6 nitrogen and oxygen atoms in total. The fourth-order valence-corrected chi connectivity index (χ4v) is 3.60. The van der Waals surface area contributed by atoms with Gasteiger partial charge in [0.05, 0.1) is 23.1 Å². The molecule has 0 bridgehead atoms. The zero-order valence-electron chi connectivity index (χ0n) is 15.0. The quantitative estimate of drug-likeness (QED) is 0.772. The van der Waals surface area contributed by atoms with E-state index >= 15 is 0 Å².